The Hall–Kier alpha value is -0.930. The van der Waals surface area contributed by atoms with Crippen molar-refractivity contribution in [1.82, 2.24) is 0 Å². The lowest BCUT2D eigenvalue weighted by atomic mass is 9.72. The molecule has 2 rings (SSSR count). The van der Waals surface area contributed by atoms with E-state index in [1.165, 1.54) is 12.1 Å². The highest BCUT2D eigenvalue weighted by molar-refractivity contribution is 5.26. The lowest BCUT2D eigenvalue weighted by Crippen LogP contribution is -2.49. The summed E-state index contributed by atoms with van der Waals surface area (Å²) >= 11 is 0. The van der Waals surface area contributed by atoms with Crippen molar-refractivity contribution in [3.05, 3.63) is 35.6 Å². The molecule has 0 atom stereocenters. The average molecular weight is 181 g/mol. The quantitative estimate of drug-likeness (QED) is 0.682. The summed E-state index contributed by atoms with van der Waals surface area (Å²) in [6.07, 6.45) is 1.14. The fourth-order valence-corrected chi connectivity index (χ4v) is 1.80. The summed E-state index contributed by atoms with van der Waals surface area (Å²) in [5.74, 6) is -0.282. The molecule has 70 valence electrons. The maximum absolute atomic E-state index is 12.6. The van der Waals surface area contributed by atoms with Gasteiger partial charge < -0.3 is 10.8 Å². The van der Waals surface area contributed by atoms with Gasteiger partial charge in [-0.05, 0) is 30.5 Å². The largest absolute Gasteiger partial charge is 0.385 e. The second-order valence-electron chi connectivity index (χ2n) is 3.71. The molecule has 0 heterocycles. The predicted octanol–water partition coefficient (Wildman–Crippen LogP) is 1.13. The fourth-order valence-electron chi connectivity index (χ4n) is 1.80. The maximum atomic E-state index is 12.6. The zero-order valence-electron chi connectivity index (χ0n) is 7.20. The number of hydrogen-bond donors (Lipinski definition) is 2. The molecule has 0 unspecified atom stereocenters. The van der Waals surface area contributed by atoms with E-state index in [0.29, 0.717) is 12.8 Å². The Morgan fingerprint density at radius 1 is 1.31 bits per heavy atom. The van der Waals surface area contributed by atoms with Crippen LogP contribution in [0, 0.1) is 5.82 Å². The fraction of sp³-hybridized carbons (Fsp3) is 0.400. The molecule has 1 saturated carbocycles. The molecule has 2 nitrogen and oxygen atoms in total. The van der Waals surface area contributed by atoms with Gasteiger partial charge in [0, 0.05) is 6.04 Å². The molecule has 13 heavy (non-hydrogen) atoms. The zero-order valence-corrected chi connectivity index (χ0v) is 7.20. The topological polar surface area (TPSA) is 46.2 Å². The van der Waals surface area contributed by atoms with Crippen LogP contribution in [0.4, 0.5) is 4.39 Å². The van der Waals surface area contributed by atoms with Crippen molar-refractivity contribution in [3.63, 3.8) is 0 Å². The third-order valence-electron chi connectivity index (χ3n) is 2.58. The smallest absolute Gasteiger partial charge is 0.123 e. The van der Waals surface area contributed by atoms with Gasteiger partial charge in [0.15, 0.2) is 0 Å². The van der Waals surface area contributed by atoms with Crippen molar-refractivity contribution >= 4 is 0 Å². The van der Waals surface area contributed by atoms with E-state index in [4.69, 9.17) is 5.73 Å². The van der Waals surface area contributed by atoms with Crippen molar-refractivity contribution in [3.8, 4) is 0 Å². The molecular formula is C10H12FNO. The van der Waals surface area contributed by atoms with Crippen LogP contribution in [0.2, 0.25) is 0 Å². The highest BCUT2D eigenvalue weighted by Gasteiger charge is 2.41. The number of hydrogen-bond acceptors (Lipinski definition) is 2. The minimum Gasteiger partial charge on any atom is -0.385 e. The van der Waals surface area contributed by atoms with E-state index in [0.717, 1.165) is 5.56 Å². The van der Waals surface area contributed by atoms with Crippen molar-refractivity contribution < 1.29 is 9.50 Å². The first-order chi connectivity index (χ1) is 6.10. The van der Waals surface area contributed by atoms with Crippen molar-refractivity contribution in [1.29, 1.82) is 0 Å². The minimum atomic E-state index is -0.812. The molecule has 0 radical (unpaired) electrons. The van der Waals surface area contributed by atoms with Crippen molar-refractivity contribution in [2.75, 3.05) is 0 Å². The van der Waals surface area contributed by atoms with Crippen LogP contribution in [-0.2, 0) is 5.60 Å². The van der Waals surface area contributed by atoms with E-state index in [2.05, 4.69) is 0 Å². The van der Waals surface area contributed by atoms with Gasteiger partial charge in [0.1, 0.15) is 5.82 Å². The minimum absolute atomic E-state index is 0.0788. The summed E-state index contributed by atoms with van der Waals surface area (Å²) in [6.45, 7) is 0. The zero-order chi connectivity index (χ0) is 9.47. The van der Waals surface area contributed by atoms with Crippen LogP contribution in [0.5, 0.6) is 0 Å². The van der Waals surface area contributed by atoms with E-state index in [1.54, 1.807) is 12.1 Å². The molecule has 0 amide bonds. The van der Waals surface area contributed by atoms with Gasteiger partial charge in [-0.25, -0.2) is 4.39 Å². The number of halogens is 1. The van der Waals surface area contributed by atoms with E-state index >= 15 is 0 Å². The Labute approximate surface area is 76.2 Å². The van der Waals surface area contributed by atoms with Gasteiger partial charge in [0.2, 0.25) is 0 Å². The van der Waals surface area contributed by atoms with Gasteiger partial charge in [-0.15, -0.1) is 0 Å². The molecule has 0 spiro atoms. The summed E-state index contributed by atoms with van der Waals surface area (Å²) in [6, 6.07) is 6.02. The van der Waals surface area contributed by atoms with Crippen LogP contribution in [0.15, 0.2) is 24.3 Å². The van der Waals surface area contributed by atoms with E-state index in [1.807, 2.05) is 0 Å². The highest BCUT2D eigenvalue weighted by Crippen LogP contribution is 2.40. The lowest BCUT2D eigenvalue weighted by Gasteiger charge is -2.42. The first kappa shape index (κ1) is 8.66. The first-order valence-electron chi connectivity index (χ1n) is 4.34. The maximum Gasteiger partial charge on any atom is 0.123 e. The van der Waals surface area contributed by atoms with Crippen LogP contribution in [0.1, 0.15) is 18.4 Å². The SMILES string of the molecule is NC1CC(O)(c2ccc(F)cc2)C1. The van der Waals surface area contributed by atoms with Crippen molar-refractivity contribution in [2.24, 2.45) is 5.73 Å². The molecule has 3 heteroatoms. The van der Waals surface area contributed by atoms with Crippen molar-refractivity contribution in [2.45, 2.75) is 24.5 Å². The molecule has 0 saturated heterocycles. The summed E-state index contributed by atoms with van der Waals surface area (Å²) in [5.41, 5.74) is 5.53. The third-order valence-corrected chi connectivity index (χ3v) is 2.58. The Balaban J connectivity index is 2.22. The van der Waals surface area contributed by atoms with E-state index in [9.17, 15) is 9.50 Å². The van der Waals surface area contributed by atoms with Gasteiger partial charge in [0.05, 0.1) is 5.60 Å². The molecule has 1 aliphatic rings. The molecule has 3 N–H and O–H groups in total. The second kappa shape index (κ2) is 2.79. The average Bonchev–Trinajstić information content (AvgIpc) is 2.03. The van der Waals surface area contributed by atoms with E-state index in [-0.39, 0.29) is 11.9 Å². The Kier molecular flexibility index (Phi) is 1.86. The van der Waals surface area contributed by atoms with Crippen LogP contribution >= 0.6 is 0 Å². The van der Waals surface area contributed by atoms with Gasteiger partial charge in [-0.1, -0.05) is 12.1 Å². The molecular weight excluding hydrogens is 169 g/mol. The van der Waals surface area contributed by atoms with Crippen LogP contribution in [-0.4, -0.2) is 11.1 Å². The molecule has 1 aliphatic carbocycles. The third kappa shape index (κ3) is 1.45. The van der Waals surface area contributed by atoms with Gasteiger partial charge in [0.25, 0.3) is 0 Å². The van der Waals surface area contributed by atoms with E-state index < -0.39 is 5.60 Å². The summed E-state index contributed by atoms with van der Waals surface area (Å²) in [4.78, 5) is 0. The Bertz CT molecular complexity index is 303. The lowest BCUT2D eigenvalue weighted by molar-refractivity contribution is -0.0523. The molecule has 0 bridgehead atoms. The monoisotopic (exact) mass is 181 g/mol. The molecule has 1 aromatic carbocycles. The second-order valence-corrected chi connectivity index (χ2v) is 3.71. The summed E-state index contributed by atoms with van der Waals surface area (Å²) in [7, 11) is 0. The molecule has 1 aromatic rings. The Morgan fingerprint density at radius 3 is 2.31 bits per heavy atom. The number of rotatable bonds is 1. The predicted molar refractivity (Wildman–Crippen MR) is 47.5 cm³/mol. The molecule has 1 fully saturated rings. The summed E-state index contributed by atoms with van der Waals surface area (Å²) in [5, 5.41) is 9.94. The van der Waals surface area contributed by atoms with Gasteiger partial charge in [-0.2, -0.15) is 0 Å². The normalized spacial score (nSPS) is 32.7. The van der Waals surface area contributed by atoms with Crippen LogP contribution in [0.3, 0.4) is 0 Å². The van der Waals surface area contributed by atoms with Crippen LogP contribution in [0.25, 0.3) is 0 Å². The number of aliphatic hydroxyl groups is 1. The standard InChI is InChI=1S/C10H12FNO/c11-8-3-1-7(2-4-8)10(13)5-9(12)6-10/h1-4,9,13H,5-6,12H2. The molecule has 0 aromatic heterocycles. The Morgan fingerprint density at radius 2 is 1.85 bits per heavy atom. The summed E-state index contributed by atoms with van der Waals surface area (Å²) < 4.78 is 12.6. The number of benzene rings is 1. The first-order valence-corrected chi connectivity index (χ1v) is 4.34. The highest BCUT2D eigenvalue weighted by atomic mass is 19.1. The van der Waals surface area contributed by atoms with Crippen LogP contribution < -0.4 is 5.73 Å². The van der Waals surface area contributed by atoms with Gasteiger partial charge >= 0.3 is 0 Å². The molecule has 0 aliphatic heterocycles. The number of nitrogens with two attached hydrogens (primary N) is 1. The van der Waals surface area contributed by atoms with Gasteiger partial charge in [-0.3, -0.25) is 0 Å².